The fraction of sp³-hybridized carbons (Fsp3) is 0.476. The Bertz CT molecular complexity index is 872. The van der Waals surface area contributed by atoms with E-state index in [4.69, 9.17) is 0 Å². The standard InChI is InChI=1S/C21H25N3O2S/c1-3-5-19(25)23(2)21-22-17(13-27-21)15-9-10-18-16(12-15)6-4-11-24(18)20(26)14-7-8-14/h9-10,12-14H,3-8,11H2,1-2H3. The van der Waals surface area contributed by atoms with Gasteiger partial charge in [0.05, 0.1) is 5.69 Å². The zero-order valence-corrected chi connectivity index (χ0v) is 16.7. The van der Waals surface area contributed by atoms with E-state index < -0.39 is 0 Å². The van der Waals surface area contributed by atoms with Gasteiger partial charge in [0, 0.05) is 42.6 Å². The molecule has 0 atom stereocenters. The van der Waals surface area contributed by atoms with Gasteiger partial charge in [0.1, 0.15) is 0 Å². The van der Waals surface area contributed by atoms with Crippen LogP contribution in [0.1, 0.15) is 44.6 Å². The van der Waals surface area contributed by atoms with Gasteiger partial charge in [0.15, 0.2) is 5.13 Å². The third-order valence-corrected chi connectivity index (χ3v) is 6.22. The Labute approximate surface area is 164 Å². The highest BCUT2D eigenvalue weighted by molar-refractivity contribution is 7.14. The summed E-state index contributed by atoms with van der Waals surface area (Å²) in [5.41, 5.74) is 4.22. The molecular weight excluding hydrogens is 358 g/mol. The van der Waals surface area contributed by atoms with E-state index >= 15 is 0 Å². The molecule has 142 valence electrons. The fourth-order valence-corrected chi connectivity index (χ4v) is 4.39. The van der Waals surface area contributed by atoms with E-state index in [1.165, 1.54) is 16.9 Å². The molecule has 1 aromatic carbocycles. The number of hydrogen-bond acceptors (Lipinski definition) is 4. The minimum Gasteiger partial charge on any atom is -0.312 e. The van der Waals surface area contributed by atoms with E-state index in [2.05, 4.69) is 17.1 Å². The van der Waals surface area contributed by atoms with Crippen LogP contribution >= 0.6 is 11.3 Å². The predicted octanol–water partition coefficient (Wildman–Crippen LogP) is 4.26. The number of aryl methyl sites for hydroxylation is 1. The molecule has 1 fully saturated rings. The third-order valence-electron chi connectivity index (χ3n) is 5.30. The average molecular weight is 384 g/mol. The zero-order valence-electron chi connectivity index (χ0n) is 15.9. The fourth-order valence-electron chi connectivity index (χ4n) is 3.58. The minimum absolute atomic E-state index is 0.0954. The van der Waals surface area contributed by atoms with Gasteiger partial charge >= 0.3 is 0 Å². The molecule has 1 aromatic heterocycles. The third kappa shape index (κ3) is 3.63. The number of carbonyl (C=O) groups is 2. The van der Waals surface area contributed by atoms with Crippen molar-refractivity contribution in [2.45, 2.75) is 45.4 Å². The van der Waals surface area contributed by atoms with E-state index in [-0.39, 0.29) is 17.7 Å². The molecule has 6 heteroatoms. The topological polar surface area (TPSA) is 53.5 Å². The summed E-state index contributed by atoms with van der Waals surface area (Å²) in [6.45, 7) is 2.83. The molecule has 0 saturated heterocycles. The summed E-state index contributed by atoms with van der Waals surface area (Å²) in [5, 5.41) is 2.73. The summed E-state index contributed by atoms with van der Waals surface area (Å²) < 4.78 is 0. The van der Waals surface area contributed by atoms with Crippen LogP contribution in [0.3, 0.4) is 0 Å². The maximum Gasteiger partial charge on any atom is 0.230 e. The van der Waals surface area contributed by atoms with E-state index in [0.29, 0.717) is 6.42 Å². The number of aromatic nitrogens is 1. The molecule has 0 radical (unpaired) electrons. The summed E-state index contributed by atoms with van der Waals surface area (Å²) in [5.74, 6) is 0.627. The summed E-state index contributed by atoms with van der Waals surface area (Å²) in [7, 11) is 1.79. The molecule has 27 heavy (non-hydrogen) atoms. The number of amides is 2. The molecule has 1 aliphatic heterocycles. The molecule has 1 aliphatic carbocycles. The van der Waals surface area contributed by atoms with Crippen molar-refractivity contribution in [3.05, 3.63) is 29.1 Å². The molecule has 0 unspecified atom stereocenters. The van der Waals surface area contributed by atoms with Crippen LogP contribution in [0.15, 0.2) is 23.6 Å². The van der Waals surface area contributed by atoms with Crippen molar-refractivity contribution < 1.29 is 9.59 Å². The number of hydrogen-bond donors (Lipinski definition) is 0. The van der Waals surface area contributed by atoms with Crippen LogP contribution in [0.25, 0.3) is 11.3 Å². The molecule has 0 bridgehead atoms. The molecule has 2 amide bonds. The second kappa shape index (κ2) is 7.43. The average Bonchev–Trinajstić information content (AvgIpc) is 3.42. The lowest BCUT2D eigenvalue weighted by Crippen LogP contribution is -2.36. The second-order valence-corrected chi connectivity index (χ2v) is 8.27. The van der Waals surface area contributed by atoms with Gasteiger partial charge < -0.3 is 4.90 Å². The van der Waals surface area contributed by atoms with Crippen LogP contribution in [0.2, 0.25) is 0 Å². The number of carbonyl (C=O) groups excluding carboxylic acids is 2. The zero-order chi connectivity index (χ0) is 19.0. The Morgan fingerprint density at radius 3 is 2.89 bits per heavy atom. The van der Waals surface area contributed by atoms with Crippen molar-refractivity contribution >= 4 is 34.0 Å². The molecule has 5 nitrogen and oxygen atoms in total. The number of rotatable bonds is 5. The number of fused-ring (bicyclic) bond motifs is 1. The Morgan fingerprint density at radius 1 is 1.33 bits per heavy atom. The summed E-state index contributed by atoms with van der Waals surface area (Å²) in [4.78, 5) is 32.9. The van der Waals surface area contributed by atoms with Gasteiger partial charge in [-0.3, -0.25) is 14.5 Å². The lowest BCUT2D eigenvalue weighted by atomic mass is 9.98. The SMILES string of the molecule is CCCC(=O)N(C)c1nc(-c2ccc3c(c2)CCCN3C(=O)C2CC2)cs1. The van der Waals surface area contributed by atoms with Crippen molar-refractivity contribution in [2.75, 3.05) is 23.4 Å². The Kier molecular flexibility index (Phi) is 5.00. The molecular formula is C21H25N3O2S. The maximum atomic E-state index is 12.6. The van der Waals surface area contributed by atoms with E-state index in [1.54, 1.807) is 11.9 Å². The minimum atomic E-state index is 0.0954. The molecule has 2 heterocycles. The molecule has 0 N–H and O–H groups in total. The van der Waals surface area contributed by atoms with Gasteiger partial charge in [-0.1, -0.05) is 13.0 Å². The molecule has 4 rings (SSSR count). The van der Waals surface area contributed by atoms with Crippen molar-refractivity contribution in [3.8, 4) is 11.3 Å². The van der Waals surface area contributed by atoms with Crippen LogP contribution in [-0.4, -0.2) is 30.4 Å². The number of nitrogens with zero attached hydrogens (tertiary/aromatic N) is 3. The smallest absolute Gasteiger partial charge is 0.230 e. The lowest BCUT2D eigenvalue weighted by molar-refractivity contribution is -0.120. The summed E-state index contributed by atoms with van der Waals surface area (Å²) in [6.07, 6.45) is 5.44. The van der Waals surface area contributed by atoms with Gasteiger partial charge in [-0.05, 0) is 49.8 Å². The maximum absolute atomic E-state index is 12.6. The van der Waals surface area contributed by atoms with Crippen LogP contribution in [0.4, 0.5) is 10.8 Å². The van der Waals surface area contributed by atoms with E-state index in [9.17, 15) is 9.59 Å². The largest absolute Gasteiger partial charge is 0.312 e. The van der Waals surface area contributed by atoms with Crippen molar-refractivity contribution in [1.82, 2.24) is 4.98 Å². The molecule has 0 spiro atoms. The number of benzene rings is 1. The Hall–Kier alpha value is -2.21. The number of anilines is 2. The summed E-state index contributed by atoms with van der Waals surface area (Å²) in [6, 6.07) is 6.27. The van der Waals surface area contributed by atoms with E-state index in [1.807, 2.05) is 23.3 Å². The quantitative estimate of drug-likeness (QED) is 0.775. The monoisotopic (exact) mass is 383 g/mol. The highest BCUT2D eigenvalue weighted by Crippen LogP contribution is 2.37. The van der Waals surface area contributed by atoms with Gasteiger partial charge in [0.2, 0.25) is 11.8 Å². The molecule has 1 saturated carbocycles. The van der Waals surface area contributed by atoms with Gasteiger partial charge in [-0.25, -0.2) is 4.98 Å². The van der Waals surface area contributed by atoms with Crippen molar-refractivity contribution in [2.24, 2.45) is 5.92 Å². The summed E-state index contributed by atoms with van der Waals surface area (Å²) >= 11 is 1.49. The van der Waals surface area contributed by atoms with Crippen molar-refractivity contribution in [1.29, 1.82) is 0 Å². The van der Waals surface area contributed by atoms with Crippen LogP contribution in [0.5, 0.6) is 0 Å². The normalized spacial score (nSPS) is 16.1. The predicted molar refractivity (Wildman–Crippen MR) is 109 cm³/mol. The molecule has 2 aromatic rings. The first kappa shape index (κ1) is 18.2. The van der Waals surface area contributed by atoms with Crippen molar-refractivity contribution in [3.63, 3.8) is 0 Å². The van der Waals surface area contributed by atoms with Gasteiger partial charge in [0.25, 0.3) is 0 Å². The lowest BCUT2D eigenvalue weighted by Gasteiger charge is -2.30. The Balaban J connectivity index is 1.57. The van der Waals surface area contributed by atoms with Crippen LogP contribution in [-0.2, 0) is 16.0 Å². The van der Waals surface area contributed by atoms with E-state index in [0.717, 1.165) is 60.7 Å². The first-order chi connectivity index (χ1) is 13.1. The highest BCUT2D eigenvalue weighted by Gasteiger charge is 2.35. The number of thiazole rings is 1. The Morgan fingerprint density at radius 2 is 2.15 bits per heavy atom. The molecule has 2 aliphatic rings. The second-order valence-electron chi connectivity index (χ2n) is 7.43. The van der Waals surface area contributed by atoms with Gasteiger partial charge in [-0.2, -0.15) is 0 Å². The van der Waals surface area contributed by atoms with Crippen LogP contribution < -0.4 is 9.80 Å². The first-order valence-electron chi connectivity index (χ1n) is 9.75. The highest BCUT2D eigenvalue weighted by atomic mass is 32.1. The van der Waals surface area contributed by atoms with Gasteiger partial charge in [-0.15, -0.1) is 11.3 Å². The van der Waals surface area contributed by atoms with Crippen LogP contribution in [0, 0.1) is 5.92 Å². The first-order valence-corrected chi connectivity index (χ1v) is 10.6.